The van der Waals surface area contributed by atoms with Crippen LogP contribution in [0.2, 0.25) is 0 Å². The lowest BCUT2D eigenvalue weighted by Crippen LogP contribution is -2.52. The molecule has 16 heteroatoms. The van der Waals surface area contributed by atoms with Crippen molar-refractivity contribution >= 4 is 34.9 Å². The first kappa shape index (κ1) is 47.1. The Bertz CT molecular complexity index is 2900. The highest BCUT2D eigenvalue weighted by molar-refractivity contribution is 5.89. The van der Waals surface area contributed by atoms with Gasteiger partial charge < -0.3 is 44.8 Å². The van der Waals surface area contributed by atoms with Gasteiger partial charge in [0.25, 0.3) is 5.56 Å². The maximum atomic E-state index is 14.1. The van der Waals surface area contributed by atoms with Crippen LogP contribution in [0, 0.1) is 23.2 Å². The second-order valence-electron chi connectivity index (χ2n) is 21.2. The number of benzene rings is 3. The van der Waals surface area contributed by atoms with Gasteiger partial charge in [0.15, 0.2) is 0 Å². The van der Waals surface area contributed by atoms with Crippen LogP contribution in [-0.4, -0.2) is 118 Å². The minimum Gasteiger partial charge on any atom is -0.453 e. The standard InChI is InChI=1S/C54H65N9O7/c1-29(2)45(58-52(67)69-6)50(65)62-20-8-9-42(62)47-55-28-41(57-47)32-12-10-31(11-13-32)35-15-16-36(39-27-54(26-38(35)39)18-21-61(5)22-19-54)33-14-17-40-37(23-33)49(64)60-48(56-40)44-25-34-24-43(34)63(44)51(66)46(30(3)4)59-53(68)70-7/h10-17,23,28-30,34,42-46H,8-9,18-22,24-27H2,1-7H3,(H,55,57)(H,58,67)(H,59,68)(H,56,60,64)/t34?,42-,43?,44-,45-,46-/m0/s1. The lowest BCUT2D eigenvalue weighted by Gasteiger charge is -2.37. The molecule has 4 fully saturated rings. The number of ether oxygens (including phenoxy) is 2. The maximum absolute atomic E-state index is 14.1. The Kier molecular flexibility index (Phi) is 12.6. The van der Waals surface area contributed by atoms with Gasteiger partial charge in [-0.15, -0.1) is 0 Å². The molecular formula is C54H65N9O7. The lowest BCUT2D eigenvalue weighted by atomic mass is 9.75. The molecule has 2 aliphatic carbocycles. The number of fused-ring (bicyclic) bond motifs is 3. The third-order valence-electron chi connectivity index (χ3n) is 16.0. The second-order valence-corrected chi connectivity index (χ2v) is 21.2. The van der Waals surface area contributed by atoms with E-state index in [1.807, 2.05) is 55.8 Å². The van der Waals surface area contributed by atoms with E-state index in [0.717, 1.165) is 91.8 Å². The summed E-state index contributed by atoms with van der Waals surface area (Å²) in [5.74, 6) is 0.915. The zero-order chi connectivity index (χ0) is 49.2. The van der Waals surface area contributed by atoms with Crippen molar-refractivity contribution in [2.24, 2.45) is 23.2 Å². The smallest absolute Gasteiger partial charge is 0.407 e. The molecule has 16 nitrogen and oxygen atoms in total. The zero-order valence-corrected chi connectivity index (χ0v) is 41.3. The number of alkyl carbamates (subject to hydrolysis) is 2. The quantitative estimate of drug-likeness (QED) is 0.103. The molecule has 0 bridgehead atoms. The Morgan fingerprint density at radius 2 is 1.36 bits per heavy atom. The van der Waals surface area contributed by atoms with Crippen molar-refractivity contribution in [2.75, 3.05) is 40.9 Å². The molecule has 5 aliphatic rings. The van der Waals surface area contributed by atoms with Gasteiger partial charge in [-0.1, -0.05) is 70.2 Å². The van der Waals surface area contributed by atoms with Crippen molar-refractivity contribution in [3.8, 4) is 33.5 Å². The first-order chi connectivity index (χ1) is 33.6. The molecule has 6 atom stereocenters. The Morgan fingerprint density at radius 1 is 0.743 bits per heavy atom. The number of amides is 4. The topological polar surface area (TPSA) is 195 Å². The molecule has 3 aromatic carbocycles. The highest BCUT2D eigenvalue weighted by Crippen LogP contribution is 2.54. The summed E-state index contributed by atoms with van der Waals surface area (Å²) in [6.45, 7) is 10.3. The molecule has 3 saturated heterocycles. The molecule has 70 heavy (non-hydrogen) atoms. The maximum Gasteiger partial charge on any atom is 0.407 e. The van der Waals surface area contributed by atoms with E-state index in [4.69, 9.17) is 19.4 Å². The van der Waals surface area contributed by atoms with Gasteiger partial charge in [-0.3, -0.25) is 14.4 Å². The third kappa shape index (κ3) is 8.72. The predicted molar refractivity (Wildman–Crippen MR) is 266 cm³/mol. The number of nitrogens with zero attached hydrogens (tertiary/aromatic N) is 5. The van der Waals surface area contributed by atoms with E-state index in [1.54, 1.807) is 0 Å². The van der Waals surface area contributed by atoms with Crippen LogP contribution < -0.4 is 16.2 Å². The molecule has 1 saturated carbocycles. The van der Waals surface area contributed by atoms with E-state index in [-0.39, 0.29) is 46.7 Å². The number of hydrogen-bond donors (Lipinski definition) is 4. The van der Waals surface area contributed by atoms with Gasteiger partial charge in [-0.25, -0.2) is 19.6 Å². The number of likely N-dealkylation sites (tertiary alicyclic amines) is 3. The minimum atomic E-state index is -0.765. The first-order valence-corrected chi connectivity index (χ1v) is 25.0. The van der Waals surface area contributed by atoms with Crippen LogP contribution >= 0.6 is 0 Å². The summed E-state index contributed by atoms with van der Waals surface area (Å²) in [7, 11) is 4.78. The summed E-state index contributed by atoms with van der Waals surface area (Å²) in [5, 5.41) is 5.95. The van der Waals surface area contributed by atoms with E-state index >= 15 is 0 Å². The average Bonchev–Trinajstić information content (AvgIpc) is 3.83. The fourth-order valence-corrected chi connectivity index (χ4v) is 11.9. The van der Waals surface area contributed by atoms with Crippen molar-refractivity contribution in [3.63, 3.8) is 0 Å². The Balaban J connectivity index is 0.923. The van der Waals surface area contributed by atoms with Gasteiger partial charge in [0.1, 0.15) is 23.7 Å². The molecule has 2 aromatic heterocycles. The highest BCUT2D eigenvalue weighted by atomic mass is 16.5. The molecule has 3 aliphatic heterocycles. The Morgan fingerprint density at radius 3 is 2.00 bits per heavy atom. The average molecular weight is 952 g/mol. The summed E-state index contributed by atoms with van der Waals surface area (Å²) in [6.07, 6.45) is 7.95. The molecule has 0 radical (unpaired) electrons. The number of aromatic nitrogens is 4. The van der Waals surface area contributed by atoms with Crippen LogP contribution in [0.25, 0.3) is 44.4 Å². The fourth-order valence-electron chi connectivity index (χ4n) is 11.9. The monoisotopic (exact) mass is 952 g/mol. The van der Waals surface area contributed by atoms with E-state index in [2.05, 4.69) is 75.0 Å². The van der Waals surface area contributed by atoms with Crippen LogP contribution in [-0.2, 0) is 31.9 Å². The summed E-state index contributed by atoms with van der Waals surface area (Å²) >= 11 is 0. The SMILES string of the molecule is COC(=O)N[C@H](C(=O)N1CCC[C@H]1c1ncc(-c2ccc(-c3ccc(-c4ccc5nc([C@@H]6CC7CC7N6C(=O)[C@@H](NC(=O)OC)C(C)C)[nH]c(=O)c5c4)c4c3CC3(CCN(C)CC3)C4)cc2)[nH]1)C(C)C. The molecule has 368 valence electrons. The van der Waals surface area contributed by atoms with Crippen LogP contribution in [0.5, 0.6) is 0 Å². The lowest BCUT2D eigenvalue weighted by molar-refractivity contribution is -0.137. The van der Waals surface area contributed by atoms with Crippen LogP contribution in [0.4, 0.5) is 9.59 Å². The van der Waals surface area contributed by atoms with Gasteiger partial charge >= 0.3 is 12.2 Å². The van der Waals surface area contributed by atoms with E-state index in [1.165, 1.54) is 30.9 Å². The van der Waals surface area contributed by atoms with E-state index in [0.29, 0.717) is 35.6 Å². The van der Waals surface area contributed by atoms with Gasteiger partial charge in [0, 0.05) is 12.6 Å². The molecule has 1 spiro atoms. The third-order valence-corrected chi connectivity index (χ3v) is 16.0. The zero-order valence-electron chi connectivity index (χ0n) is 41.3. The summed E-state index contributed by atoms with van der Waals surface area (Å²) in [5.41, 5.74) is 9.49. The summed E-state index contributed by atoms with van der Waals surface area (Å²) in [6, 6.07) is 17.0. The molecule has 4 amide bonds. The van der Waals surface area contributed by atoms with Crippen LogP contribution in [0.1, 0.15) is 101 Å². The van der Waals surface area contributed by atoms with Gasteiger partial charge in [-0.05, 0) is 146 Å². The van der Waals surface area contributed by atoms with Crippen molar-refractivity contribution in [3.05, 3.63) is 93.9 Å². The second kappa shape index (κ2) is 18.6. The van der Waals surface area contributed by atoms with Gasteiger partial charge in [0.05, 0.1) is 49.1 Å². The normalized spacial score (nSPS) is 22.3. The number of rotatable bonds is 11. The number of piperidine rings is 2. The van der Waals surface area contributed by atoms with Crippen molar-refractivity contribution in [1.29, 1.82) is 0 Å². The summed E-state index contributed by atoms with van der Waals surface area (Å²) in [4.78, 5) is 88.7. The molecule has 10 rings (SSSR count). The van der Waals surface area contributed by atoms with Crippen molar-refractivity contribution in [1.82, 2.24) is 45.3 Å². The number of methoxy groups -OCH3 is 2. The van der Waals surface area contributed by atoms with Crippen molar-refractivity contribution in [2.45, 2.75) is 109 Å². The van der Waals surface area contributed by atoms with Crippen LogP contribution in [0.15, 0.2) is 65.6 Å². The molecule has 5 aromatic rings. The molecule has 4 N–H and O–H groups in total. The molecule has 5 heterocycles. The number of hydrogen-bond acceptors (Lipinski definition) is 10. The number of carbonyl (C=O) groups excluding carboxylic acids is 4. The predicted octanol–water partition coefficient (Wildman–Crippen LogP) is 7.54. The molecular weight excluding hydrogens is 887 g/mol. The Labute approximate surface area is 408 Å². The van der Waals surface area contributed by atoms with E-state index in [9.17, 15) is 24.0 Å². The Hall–Kier alpha value is -6.55. The fraction of sp³-hybridized carbons (Fsp3) is 0.500. The minimum absolute atomic E-state index is 0.0542. The van der Waals surface area contributed by atoms with Gasteiger partial charge in [0.2, 0.25) is 11.8 Å². The largest absolute Gasteiger partial charge is 0.453 e. The first-order valence-electron chi connectivity index (χ1n) is 25.0. The number of carbonyl (C=O) groups is 4. The number of imidazole rings is 1. The van der Waals surface area contributed by atoms with E-state index < -0.39 is 30.3 Å². The number of H-pyrrole nitrogens is 2. The molecule has 2 unspecified atom stereocenters. The number of nitrogens with one attached hydrogen (secondary N) is 4. The van der Waals surface area contributed by atoms with Crippen LogP contribution in [0.3, 0.4) is 0 Å². The summed E-state index contributed by atoms with van der Waals surface area (Å²) < 4.78 is 9.64. The van der Waals surface area contributed by atoms with Crippen molar-refractivity contribution < 1.29 is 28.7 Å². The number of aromatic amines is 2. The van der Waals surface area contributed by atoms with Gasteiger partial charge in [-0.2, -0.15) is 0 Å². The highest BCUT2D eigenvalue weighted by Gasteiger charge is 2.56.